The molecule has 1 aromatic heterocycles. The minimum atomic E-state index is -0.0467. The van der Waals surface area contributed by atoms with Crippen LogP contribution in [0.15, 0.2) is 12.1 Å². The fourth-order valence-corrected chi connectivity index (χ4v) is 3.77. The van der Waals surface area contributed by atoms with E-state index in [0.717, 1.165) is 66.3 Å². The summed E-state index contributed by atoms with van der Waals surface area (Å²) in [5.74, 6) is 0.966. The van der Waals surface area contributed by atoms with E-state index in [9.17, 15) is 4.79 Å². The molecule has 1 atom stereocenters. The van der Waals surface area contributed by atoms with Crippen molar-refractivity contribution in [2.45, 2.75) is 20.8 Å². The fraction of sp³-hybridized carbons (Fsp3) is 0.550. The van der Waals surface area contributed by atoms with E-state index in [2.05, 4.69) is 23.3 Å². The van der Waals surface area contributed by atoms with Crippen molar-refractivity contribution >= 4 is 16.7 Å². The van der Waals surface area contributed by atoms with Crippen molar-refractivity contribution in [1.29, 1.82) is 0 Å². The molecule has 0 aliphatic carbocycles. The molecule has 0 radical (unpaired) electrons. The van der Waals surface area contributed by atoms with Gasteiger partial charge in [0.25, 0.3) is 0 Å². The largest absolute Gasteiger partial charge is 0.495 e. The number of hydrogen-bond donors (Lipinski definition) is 0. The van der Waals surface area contributed by atoms with E-state index in [0.29, 0.717) is 0 Å². The number of ketones is 1. The summed E-state index contributed by atoms with van der Waals surface area (Å²) in [5.41, 5.74) is 4.12. The molecule has 1 saturated heterocycles. The number of benzene rings is 1. The Morgan fingerprint density at radius 1 is 1.28 bits per heavy atom. The Balaban J connectivity index is 1.97. The molecular formula is C20H28N2O3. The second-order valence-corrected chi connectivity index (χ2v) is 6.99. The van der Waals surface area contributed by atoms with Gasteiger partial charge in [-0.3, -0.25) is 9.69 Å². The van der Waals surface area contributed by atoms with Crippen LogP contribution < -0.4 is 4.74 Å². The summed E-state index contributed by atoms with van der Waals surface area (Å²) in [7, 11) is 3.70. The van der Waals surface area contributed by atoms with Crippen molar-refractivity contribution in [2.75, 3.05) is 40.0 Å². The summed E-state index contributed by atoms with van der Waals surface area (Å²) >= 11 is 0. The highest BCUT2D eigenvalue weighted by atomic mass is 16.5. The molecule has 25 heavy (non-hydrogen) atoms. The Bertz CT molecular complexity index is 788. The van der Waals surface area contributed by atoms with Crippen molar-refractivity contribution in [3.05, 3.63) is 29.0 Å². The van der Waals surface area contributed by atoms with Crippen LogP contribution in [0.4, 0.5) is 0 Å². The molecule has 0 saturated carbocycles. The van der Waals surface area contributed by atoms with E-state index < -0.39 is 0 Å². The van der Waals surface area contributed by atoms with Gasteiger partial charge < -0.3 is 14.0 Å². The second-order valence-electron chi connectivity index (χ2n) is 6.99. The number of morpholine rings is 1. The number of carbonyl (C=O) groups excluding carboxylic acids is 1. The summed E-state index contributed by atoms with van der Waals surface area (Å²) in [5, 5.41) is 1.03. The lowest BCUT2D eigenvalue weighted by molar-refractivity contribution is 0.0313. The maximum Gasteiger partial charge on any atom is 0.167 e. The highest BCUT2D eigenvalue weighted by Crippen LogP contribution is 2.35. The minimum Gasteiger partial charge on any atom is -0.495 e. The number of hydrogen-bond acceptors (Lipinski definition) is 4. The lowest BCUT2D eigenvalue weighted by atomic mass is 9.94. The van der Waals surface area contributed by atoms with Crippen molar-refractivity contribution < 1.29 is 14.3 Å². The molecule has 2 aromatic rings. The Morgan fingerprint density at radius 3 is 2.60 bits per heavy atom. The van der Waals surface area contributed by atoms with Crippen LogP contribution in [-0.2, 0) is 11.8 Å². The fourth-order valence-electron chi connectivity index (χ4n) is 3.77. The first-order chi connectivity index (χ1) is 12.0. The number of rotatable bonds is 5. The topological polar surface area (TPSA) is 43.7 Å². The molecule has 0 spiro atoms. The third kappa shape index (κ3) is 3.18. The number of aromatic nitrogens is 1. The zero-order valence-electron chi connectivity index (χ0n) is 15.9. The van der Waals surface area contributed by atoms with Crippen LogP contribution in [-0.4, -0.2) is 55.2 Å². The number of fused-ring (bicyclic) bond motifs is 1. The summed E-state index contributed by atoms with van der Waals surface area (Å²) in [6.07, 6.45) is 0. The molecule has 1 unspecified atom stereocenters. The summed E-state index contributed by atoms with van der Waals surface area (Å²) in [6.45, 7) is 10.3. The Labute approximate surface area is 149 Å². The Morgan fingerprint density at radius 2 is 1.96 bits per heavy atom. The maximum atomic E-state index is 13.2. The molecule has 2 heterocycles. The first-order valence-electron chi connectivity index (χ1n) is 8.92. The number of nitrogens with zero attached hydrogens (tertiary/aromatic N) is 2. The Kier molecular flexibility index (Phi) is 5.16. The normalized spacial score (nSPS) is 17.0. The van der Waals surface area contributed by atoms with Gasteiger partial charge in [0.15, 0.2) is 5.78 Å². The van der Waals surface area contributed by atoms with Gasteiger partial charge in [0.2, 0.25) is 0 Å². The van der Waals surface area contributed by atoms with Gasteiger partial charge >= 0.3 is 0 Å². The highest BCUT2D eigenvalue weighted by Gasteiger charge is 2.25. The molecule has 0 bridgehead atoms. The zero-order valence-corrected chi connectivity index (χ0v) is 15.9. The van der Waals surface area contributed by atoms with Gasteiger partial charge in [-0.25, -0.2) is 0 Å². The van der Waals surface area contributed by atoms with E-state index in [1.165, 1.54) is 0 Å². The van der Waals surface area contributed by atoms with Gasteiger partial charge in [-0.15, -0.1) is 0 Å². The summed E-state index contributed by atoms with van der Waals surface area (Å²) < 4.78 is 13.1. The van der Waals surface area contributed by atoms with E-state index in [4.69, 9.17) is 9.47 Å². The molecule has 136 valence electrons. The molecule has 0 amide bonds. The van der Waals surface area contributed by atoms with Crippen LogP contribution in [0.1, 0.15) is 28.5 Å². The average Bonchev–Trinajstić information content (AvgIpc) is 2.86. The molecule has 1 aliphatic rings. The standard InChI is InChI=1S/C20H28N2O3/c1-13(12-22-8-10-25-11-9-22)20(23)16-6-7-17(24-5)19-18(16)14(2)15(3)21(19)4/h6-7,13H,8-12H2,1-5H3. The monoisotopic (exact) mass is 344 g/mol. The van der Waals surface area contributed by atoms with Gasteiger partial charge in [0, 0.05) is 49.2 Å². The van der Waals surface area contributed by atoms with Gasteiger partial charge in [0.1, 0.15) is 5.75 Å². The van der Waals surface area contributed by atoms with Gasteiger partial charge in [0.05, 0.1) is 25.8 Å². The number of aryl methyl sites for hydroxylation is 2. The van der Waals surface area contributed by atoms with Crippen LogP contribution in [0.25, 0.3) is 10.9 Å². The molecular weight excluding hydrogens is 316 g/mol. The predicted octanol–water partition coefficient (Wildman–Crippen LogP) is 2.95. The number of carbonyl (C=O) groups is 1. The molecule has 1 fully saturated rings. The third-order valence-corrected chi connectivity index (χ3v) is 5.47. The molecule has 5 heteroatoms. The molecule has 3 rings (SSSR count). The third-order valence-electron chi connectivity index (χ3n) is 5.47. The first kappa shape index (κ1) is 18.0. The van der Waals surface area contributed by atoms with E-state index in [1.807, 2.05) is 26.1 Å². The van der Waals surface area contributed by atoms with Crippen LogP contribution in [0.2, 0.25) is 0 Å². The van der Waals surface area contributed by atoms with E-state index in [1.54, 1.807) is 7.11 Å². The molecule has 0 N–H and O–H groups in total. The van der Waals surface area contributed by atoms with Crippen LogP contribution in [0, 0.1) is 19.8 Å². The first-order valence-corrected chi connectivity index (χ1v) is 8.92. The number of Topliss-reactive ketones (excluding diaryl/α,β-unsaturated/α-hetero) is 1. The van der Waals surface area contributed by atoms with Crippen LogP contribution in [0.3, 0.4) is 0 Å². The molecule has 5 nitrogen and oxygen atoms in total. The SMILES string of the molecule is COc1ccc(C(=O)C(C)CN2CCOCC2)c2c(C)c(C)n(C)c12. The quantitative estimate of drug-likeness (QED) is 0.782. The minimum absolute atomic E-state index is 0.0467. The zero-order chi connectivity index (χ0) is 18.1. The highest BCUT2D eigenvalue weighted by molar-refractivity contribution is 6.11. The maximum absolute atomic E-state index is 13.2. The van der Waals surface area contributed by atoms with Gasteiger partial charge in [-0.2, -0.15) is 0 Å². The van der Waals surface area contributed by atoms with Crippen molar-refractivity contribution in [3.63, 3.8) is 0 Å². The van der Waals surface area contributed by atoms with Crippen LogP contribution in [0.5, 0.6) is 5.75 Å². The number of methoxy groups -OCH3 is 1. The number of ether oxygens (including phenoxy) is 2. The van der Waals surface area contributed by atoms with Gasteiger partial charge in [-0.1, -0.05) is 6.92 Å². The average molecular weight is 344 g/mol. The summed E-state index contributed by atoms with van der Waals surface area (Å²) in [4.78, 5) is 15.5. The van der Waals surface area contributed by atoms with Crippen molar-refractivity contribution in [2.24, 2.45) is 13.0 Å². The second kappa shape index (κ2) is 7.18. The van der Waals surface area contributed by atoms with Crippen molar-refractivity contribution in [1.82, 2.24) is 9.47 Å². The van der Waals surface area contributed by atoms with E-state index in [-0.39, 0.29) is 11.7 Å². The molecule has 1 aromatic carbocycles. The lowest BCUT2D eigenvalue weighted by Crippen LogP contribution is -2.40. The van der Waals surface area contributed by atoms with Gasteiger partial charge in [-0.05, 0) is 31.5 Å². The molecule has 1 aliphatic heterocycles. The Hall–Kier alpha value is -1.85. The van der Waals surface area contributed by atoms with E-state index >= 15 is 0 Å². The summed E-state index contributed by atoms with van der Waals surface area (Å²) in [6, 6.07) is 3.83. The van der Waals surface area contributed by atoms with Crippen LogP contribution >= 0.6 is 0 Å². The smallest absolute Gasteiger partial charge is 0.167 e. The predicted molar refractivity (Wildman–Crippen MR) is 99.7 cm³/mol. The van der Waals surface area contributed by atoms with Crippen molar-refractivity contribution in [3.8, 4) is 5.75 Å². The lowest BCUT2D eigenvalue weighted by Gasteiger charge is -2.28.